The van der Waals surface area contributed by atoms with E-state index in [1.807, 2.05) is 0 Å². The highest BCUT2D eigenvalue weighted by Gasteiger charge is 2.49. The summed E-state index contributed by atoms with van der Waals surface area (Å²) in [7, 11) is 1.12. The van der Waals surface area contributed by atoms with E-state index in [0.29, 0.717) is 0 Å². The van der Waals surface area contributed by atoms with E-state index in [2.05, 4.69) is 4.74 Å². The average Bonchev–Trinajstić information content (AvgIpc) is 1.99. The maximum absolute atomic E-state index is 13.0. The summed E-state index contributed by atoms with van der Waals surface area (Å²) in [4.78, 5) is 10.9. The summed E-state index contributed by atoms with van der Waals surface area (Å²) in [5, 5.41) is 0. The molecule has 0 amide bonds. The Bertz CT molecular complexity index is 199. The molecule has 0 aliphatic rings. The van der Waals surface area contributed by atoms with Gasteiger partial charge in [-0.1, -0.05) is 13.8 Å². The van der Waals surface area contributed by atoms with Crippen LogP contribution in [0.25, 0.3) is 0 Å². The number of hydrogen-bond acceptors (Lipinski definition) is 3. The van der Waals surface area contributed by atoms with Gasteiger partial charge in [0.15, 0.2) is 0 Å². The molecule has 0 radical (unpaired) electrons. The van der Waals surface area contributed by atoms with E-state index in [9.17, 15) is 13.6 Å². The first-order valence-electron chi connectivity index (χ1n) is 3.86. The van der Waals surface area contributed by atoms with E-state index >= 15 is 0 Å². The van der Waals surface area contributed by atoms with Crippen molar-refractivity contribution >= 4 is 5.97 Å². The van der Waals surface area contributed by atoms with Gasteiger partial charge in [-0.05, 0) is 6.92 Å². The molecule has 3 nitrogen and oxygen atoms in total. The third-order valence-corrected chi connectivity index (χ3v) is 2.36. The average molecular weight is 195 g/mol. The molecule has 0 spiro atoms. The second kappa shape index (κ2) is 3.57. The first-order valence-corrected chi connectivity index (χ1v) is 3.86. The Hall–Kier alpha value is -0.710. The van der Waals surface area contributed by atoms with Gasteiger partial charge in [0.2, 0.25) is 0 Å². The Morgan fingerprint density at radius 1 is 1.38 bits per heavy atom. The van der Waals surface area contributed by atoms with Gasteiger partial charge in [0.1, 0.15) is 6.04 Å². The molecule has 78 valence electrons. The van der Waals surface area contributed by atoms with Gasteiger partial charge in [-0.25, -0.2) is 8.78 Å². The lowest BCUT2D eigenvalue weighted by molar-refractivity contribution is -0.156. The number of hydrogen-bond donors (Lipinski definition) is 1. The zero-order valence-corrected chi connectivity index (χ0v) is 8.23. The quantitative estimate of drug-likeness (QED) is 0.688. The van der Waals surface area contributed by atoms with E-state index in [4.69, 9.17) is 5.73 Å². The monoisotopic (exact) mass is 195 g/mol. The molecule has 1 atom stereocenters. The summed E-state index contributed by atoms with van der Waals surface area (Å²) >= 11 is 0. The highest BCUT2D eigenvalue weighted by atomic mass is 19.3. The Morgan fingerprint density at radius 3 is 2.00 bits per heavy atom. The predicted octanol–water partition coefficient (Wildman–Crippen LogP) is 1.17. The molecular formula is C8H15F2NO2. The first kappa shape index (κ1) is 12.3. The van der Waals surface area contributed by atoms with Gasteiger partial charge >= 0.3 is 5.97 Å². The molecule has 0 bridgehead atoms. The number of rotatable bonds is 3. The van der Waals surface area contributed by atoms with Crippen molar-refractivity contribution < 1.29 is 18.3 Å². The summed E-state index contributed by atoms with van der Waals surface area (Å²) in [5.41, 5.74) is 3.73. The van der Waals surface area contributed by atoms with Crippen molar-refractivity contribution in [1.29, 1.82) is 0 Å². The normalized spacial score (nSPS) is 15.3. The van der Waals surface area contributed by atoms with Crippen LogP contribution in [-0.4, -0.2) is 25.0 Å². The first-order chi connectivity index (χ1) is 5.64. The molecule has 0 aromatic rings. The minimum absolute atomic E-state index is 0.732. The maximum Gasteiger partial charge on any atom is 0.323 e. The molecule has 13 heavy (non-hydrogen) atoms. The second-order valence-corrected chi connectivity index (χ2v) is 3.61. The fourth-order valence-corrected chi connectivity index (χ4v) is 0.695. The molecule has 5 heteroatoms. The Labute approximate surface area is 76.2 Å². The third kappa shape index (κ3) is 2.37. The molecule has 0 heterocycles. The predicted molar refractivity (Wildman–Crippen MR) is 44.4 cm³/mol. The minimum atomic E-state index is -3.03. The molecule has 0 aliphatic heterocycles. The molecule has 0 aliphatic carbocycles. The van der Waals surface area contributed by atoms with Crippen molar-refractivity contribution in [3.63, 3.8) is 0 Å². The molecule has 1 unspecified atom stereocenters. The molecule has 2 N–H and O–H groups in total. The van der Waals surface area contributed by atoms with Gasteiger partial charge in [0.05, 0.1) is 12.5 Å². The van der Waals surface area contributed by atoms with Crippen molar-refractivity contribution in [2.75, 3.05) is 7.11 Å². The van der Waals surface area contributed by atoms with E-state index in [1.165, 1.54) is 13.8 Å². The summed E-state index contributed by atoms with van der Waals surface area (Å²) in [6.07, 6.45) is 0. The van der Waals surface area contributed by atoms with Gasteiger partial charge in [-0.2, -0.15) is 0 Å². The molecule has 0 rings (SSSR count). The van der Waals surface area contributed by atoms with Crippen LogP contribution in [0.3, 0.4) is 0 Å². The summed E-state index contributed by atoms with van der Waals surface area (Å²) < 4.78 is 30.2. The van der Waals surface area contributed by atoms with Crippen molar-refractivity contribution in [2.45, 2.75) is 32.7 Å². The van der Waals surface area contributed by atoms with Crippen LogP contribution in [0.1, 0.15) is 20.8 Å². The number of halogens is 2. The van der Waals surface area contributed by atoms with Crippen molar-refractivity contribution in [3.05, 3.63) is 0 Å². The van der Waals surface area contributed by atoms with Crippen molar-refractivity contribution in [2.24, 2.45) is 11.1 Å². The molecule has 0 fully saturated rings. The van der Waals surface area contributed by atoms with Gasteiger partial charge in [0, 0.05) is 0 Å². The van der Waals surface area contributed by atoms with Crippen molar-refractivity contribution in [1.82, 2.24) is 0 Å². The Balaban J connectivity index is 4.74. The second-order valence-electron chi connectivity index (χ2n) is 3.61. The number of ether oxygens (including phenoxy) is 1. The number of carbonyl (C=O) groups excluding carboxylic acids is 1. The highest BCUT2D eigenvalue weighted by Crippen LogP contribution is 2.38. The number of methoxy groups -OCH3 is 1. The lowest BCUT2D eigenvalue weighted by atomic mass is 9.79. The third-order valence-electron chi connectivity index (χ3n) is 2.36. The van der Waals surface area contributed by atoms with Crippen LogP contribution in [0, 0.1) is 5.41 Å². The number of alkyl halides is 2. The van der Waals surface area contributed by atoms with Crippen LogP contribution in [0.5, 0.6) is 0 Å². The summed E-state index contributed by atoms with van der Waals surface area (Å²) in [5.74, 6) is -3.85. The summed E-state index contributed by atoms with van der Waals surface area (Å²) in [6, 6.07) is -1.32. The number of carbonyl (C=O) groups is 1. The van der Waals surface area contributed by atoms with Crippen LogP contribution in [0.15, 0.2) is 0 Å². The fraction of sp³-hybridized carbons (Fsp3) is 0.875. The van der Waals surface area contributed by atoms with Crippen LogP contribution in [-0.2, 0) is 9.53 Å². The molecule has 0 aromatic carbocycles. The number of esters is 1. The van der Waals surface area contributed by atoms with Crippen LogP contribution < -0.4 is 5.73 Å². The zero-order valence-electron chi connectivity index (χ0n) is 8.23. The van der Waals surface area contributed by atoms with Gasteiger partial charge in [0.25, 0.3) is 5.92 Å². The van der Waals surface area contributed by atoms with Gasteiger partial charge < -0.3 is 10.5 Å². The highest BCUT2D eigenvalue weighted by molar-refractivity contribution is 5.76. The van der Waals surface area contributed by atoms with Crippen LogP contribution in [0.2, 0.25) is 0 Å². The van der Waals surface area contributed by atoms with Gasteiger partial charge in [-0.3, -0.25) is 4.79 Å². The molecule has 0 aromatic heterocycles. The topological polar surface area (TPSA) is 52.3 Å². The zero-order chi connectivity index (χ0) is 10.9. The molecule has 0 saturated carbocycles. The van der Waals surface area contributed by atoms with Crippen molar-refractivity contribution in [3.8, 4) is 0 Å². The van der Waals surface area contributed by atoms with Gasteiger partial charge in [-0.15, -0.1) is 0 Å². The molecule has 0 saturated heterocycles. The largest absolute Gasteiger partial charge is 0.468 e. The summed E-state index contributed by atoms with van der Waals surface area (Å²) in [6.45, 7) is 3.19. The lowest BCUT2D eigenvalue weighted by Crippen LogP contribution is -2.53. The standard InChI is InChI=1S/C8H15F2NO2/c1-7(2,8(3,9)10)5(11)6(12)13-4/h5H,11H2,1-4H3. The maximum atomic E-state index is 13.0. The fourth-order valence-electron chi connectivity index (χ4n) is 0.695. The Morgan fingerprint density at radius 2 is 1.77 bits per heavy atom. The van der Waals surface area contributed by atoms with E-state index in [0.717, 1.165) is 14.0 Å². The van der Waals surface area contributed by atoms with E-state index < -0.39 is 23.3 Å². The van der Waals surface area contributed by atoms with Crippen LogP contribution >= 0.6 is 0 Å². The van der Waals surface area contributed by atoms with E-state index in [-0.39, 0.29) is 0 Å². The molecular weight excluding hydrogens is 180 g/mol. The minimum Gasteiger partial charge on any atom is -0.468 e. The van der Waals surface area contributed by atoms with E-state index in [1.54, 1.807) is 0 Å². The van der Waals surface area contributed by atoms with Crippen LogP contribution in [0.4, 0.5) is 8.78 Å². The smallest absolute Gasteiger partial charge is 0.323 e. The lowest BCUT2D eigenvalue weighted by Gasteiger charge is -2.34. The SMILES string of the molecule is COC(=O)C(N)C(C)(C)C(C)(F)F. The number of nitrogens with two attached hydrogens (primary N) is 1. The Kier molecular flexibility index (Phi) is 3.38.